The van der Waals surface area contributed by atoms with E-state index in [2.05, 4.69) is 137 Å². The van der Waals surface area contributed by atoms with E-state index >= 15 is 0 Å². The van der Waals surface area contributed by atoms with E-state index in [0.717, 1.165) is 55.8 Å². The van der Waals surface area contributed by atoms with Crippen molar-refractivity contribution in [2.75, 3.05) is 0 Å². The number of hydrogen-bond donors (Lipinski definition) is 0. The van der Waals surface area contributed by atoms with Crippen molar-refractivity contribution in [3.05, 3.63) is 156 Å². The number of nitriles is 3. The molecule has 0 saturated carbocycles. The smallest absolute Gasteiger partial charge is 0.0991 e. The van der Waals surface area contributed by atoms with E-state index in [0.29, 0.717) is 5.56 Å². The largest absolute Gasteiger partial charge is 0.309 e. The Morgan fingerprint density at radius 3 is 1.84 bits per heavy atom. The first-order chi connectivity index (χ1) is 24.6. The summed E-state index contributed by atoms with van der Waals surface area (Å²) >= 11 is 0. The molecule has 2 aromatic heterocycles. The first-order valence-electron chi connectivity index (χ1n) is 16.7. The van der Waals surface area contributed by atoms with Crippen molar-refractivity contribution in [1.29, 1.82) is 15.8 Å². The molecule has 0 amide bonds. The van der Waals surface area contributed by atoms with E-state index in [-0.39, 0.29) is 0 Å². The highest BCUT2D eigenvalue weighted by molar-refractivity contribution is 6.09. The Morgan fingerprint density at radius 1 is 0.640 bits per heavy atom. The SMILES string of the molecule is C/C=C\c1c(C)c2cc(C#N)ccc2n1C1=C(c2ccc(-c3ccc(-n4c5ccccc5c5ccccc54)cc3)cc2)C(C#N)C(C#N)C=C1. The Balaban J connectivity index is 1.23. The van der Waals surface area contributed by atoms with Crippen LogP contribution in [-0.2, 0) is 0 Å². The topological polar surface area (TPSA) is 81.2 Å². The molecule has 50 heavy (non-hydrogen) atoms. The van der Waals surface area contributed by atoms with Crippen LogP contribution in [0.4, 0.5) is 0 Å². The van der Waals surface area contributed by atoms with Gasteiger partial charge in [0.1, 0.15) is 0 Å². The summed E-state index contributed by atoms with van der Waals surface area (Å²) in [5.74, 6) is -1.24. The number of aromatic nitrogens is 2. The first-order valence-corrected chi connectivity index (χ1v) is 16.7. The highest BCUT2D eigenvalue weighted by atomic mass is 15.0. The van der Waals surface area contributed by atoms with Crippen LogP contribution in [0.1, 0.15) is 29.3 Å². The van der Waals surface area contributed by atoms with E-state index in [4.69, 9.17) is 0 Å². The monoisotopic (exact) mass is 641 g/mol. The molecule has 0 saturated heterocycles. The van der Waals surface area contributed by atoms with Crippen LogP contribution in [0.2, 0.25) is 0 Å². The minimum absolute atomic E-state index is 0.579. The Hall–Kier alpha value is -6.87. The normalized spacial score (nSPS) is 15.9. The molecule has 5 heteroatoms. The van der Waals surface area contributed by atoms with E-state index < -0.39 is 11.8 Å². The Bertz CT molecular complexity index is 2640. The molecule has 5 nitrogen and oxygen atoms in total. The van der Waals surface area contributed by atoms with Crippen molar-refractivity contribution in [1.82, 2.24) is 9.13 Å². The molecule has 0 aliphatic heterocycles. The maximum atomic E-state index is 10.5. The molecular weight excluding hydrogens is 611 g/mol. The van der Waals surface area contributed by atoms with E-state index in [1.165, 1.54) is 21.8 Å². The van der Waals surface area contributed by atoms with Crippen molar-refractivity contribution in [2.45, 2.75) is 13.8 Å². The van der Waals surface area contributed by atoms with Crippen LogP contribution in [0.25, 0.3) is 66.9 Å². The van der Waals surface area contributed by atoms with E-state index in [9.17, 15) is 15.8 Å². The molecule has 0 N–H and O–H groups in total. The average molecular weight is 642 g/mol. The van der Waals surface area contributed by atoms with Gasteiger partial charge in [0.15, 0.2) is 0 Å². The molecule has 0 bridgehead atoms. The van der Waals surface area contributed by atoms with Gasteiger partial charge in [0, 0.05) is 33.1 Å². The fraction of sp³-hybridized carbons (Fsp3) is 0.0889. The predicted molar refractivity (Wildman–Crippen MR) is 203 cm³/mol. The maximum Gasteiger partial charge on any atom is 0.0991 e. The summed E-state index contributed by atoms with van der Waals surface area (Å²) in [6.07, 6.45) is 7.87. The van der Waals surface area contributed by atoms with Crippen LogP contribution in [0.5, 0.6) is 0 Å². The number of allylic oxidation sites excluding steroid dienone is 5. The lowest BCUT2D eigenvalue weighted by Gasteiger charge is -2.26. The van der Waals surface area contributed by atoms with Crippen molar-refractivity contribution < 1.29 is 0 Å². The van der Waals surface area contributed by atoms with Gasteiger partial charge in [-0.2, -0.15) is 15.8 Å². The van der Waals surface area contributed by atoms with Gasteiger partial charge in [-0.05, 0) is 90.7 Å². The minimum atomic E-state index is -0.661. The third-order valence-corrected chi connectivity index (χ3v) is 9.89. The van der Waals surface area contributed by atoms with Crippen LogP contribution >= 0.6 is 0 Å². The zero-order chi connectivity index (χ0) is 34.4. The molecule has 0 radical (unpaired) electrons. The summed E-state index contributed by atoms with van der Waals surface area (Å²) in [6.45, 7) is 4.04. The van der Waals surface area contributed by atoms with E-state index in [1.807, 2.05) is 43.4 Å². The highest BCUT2D eigenvalue weighted by Gasteiger charge is 2.32. The van der Waals surface area contributed by atoms with Gasteiger partial charge < -0.3 is 9.13 Å². The molecule has 0 spiro atoms. The molecular formula is C45H31N5. The summed E-state index contributed by atoms with van der Waals surface area (Å²) in [5.41, 5.74) is 11.7. The van der Waals surface area contributed by atoms with Crippen LogP contribution in [0, 0.1) is 52.8 Å². The molecule has 0 fully saturated rings. The summed E-state index contributed by atoms with van der Waals surface area (Å²) in [7, 11) is 0. The second kappa shape index (κ2) is 12.3. The molecule has 8 rings (SSSR count). The van der Waals surface area contributed by atoms with Crippen LogP contribution in [0.3, 0.4) is 0 Å². The van der Waals surface area contributed by atoms with Crippen LogP contribution < -0.4 is 0 Å². The lowest BCUT2D eigenvalue weighted by atomic mass is 9.79. The second-order valence-corrected chi connectivity index (χ2v) is 12.6. The lowest BCUT2D eigenvalue weighted by Crippen LogP contribution is -2.18. The van der Waals surface area contributed by atoms with Gasteiger partial charge in [-0.1, -0.05) is 84.9 Å². The highest BCUT2D eigenvalue weighted by Crippen LogP contribution is 2.42. The van der Waals surface area contributed by atoms with Gasteiger partial charge in [0.25, 0.3) is 0 Å². The van der Waals surface area contributed by atoms with Gasteiger partial charge in [-0.25, -0.2) is 0 Å². The van der Waals surface area contributed by atoms with Gasteiger partial charge in [-0.3, -0.25) is 0 Å². The molecule has 7 aromatic rings. The number of aryl methyl sites for hydroxylation is 1. The number of fused-ring (bicyclic) bond motifs is 4. The molecule has 2 unspecified atom stereocenters. The summed E-state index contributed by atoms with van der Waals surface area (Å²) in [6, 6.07) is 46.7. The zero-order valence-corrected chi connectivity index (χ0v) is 27.7. The molecule has 2 heterocycles. The van der Waals surface area contributed by atoms with Gasteiger partial charge in [-0.15, -0.1) is 0 Å². The summed E-state index contributed by atoms with van der Waals surface area (Å²) in [4.78, 5) is 0. The second-order valence-electron chi connectivity index (χ2n) is 12.6. The number of para-hydroxylation sites is 2. The Morgan fingerprint density at radius 2 is 1.24 bits per heavy atom. The van der Waals surface area contributed by atoms with Gasteiger partial charge in [0.2, 0.25) is 0 Å². The van der Waals surface area contributed by atoms with Crippen molar-refractivity contribution in [2.24, 2.45) is 11.8 Å². The number of benzene rings is 5. The minimum Gasteiger partial charge on any atom is -0.309 e. The van der Waals surface area contributed by atoms with Crippen molar-refractivity contribution in [3.63, 3.8) is 0 Å². The van der Waals surface area contributed by atoms with Crippen LogP contribution in [0.15, 0.2) is 133 Å². The van der Waals surface area contributed by atoms with Crippen LogP contribution in [-0.4, -0.2) is 9.13 Å². The lowest BCUT2D eigenvalue weighted by molar-refractivity contribution is 0.709. The number of rotatable bonds is 5. The zero-order valence-electron chi connectivity index (χ0n) is 27.7. The third-order valence-electron chi connectivity index (χ3n) is 9.89. The molecule has 5 aromatic carbocycles. The fourth-order valence-electron chi connectivity index (χ4n) is 7.52. The molecule has 1 aliphatic rings. The quantitative estimate of drug-likeness (QED) is 0.187. The van der Waals surface area contributed by atoms with Crippen molar-refractivity contribution >= 4 is 50.1 Å². The Labute approximate surface area is 290 Å². The average Bonchev–Trinajstić information content (AvgIpc) is 3.65. The van der Waals surface area contributed by atoms with Gasteiger partial charge >= 0.3 is 0 Å². The number of nitrogens with zero attached hydrogens (tertiary/aromatic N) is 5. The van der Waals surface area contributed by atoms with E-state index in [1.54, 1.807) is 0 Å². The van der Waals surface area contributed by atoms with Gasteiger partial charge in [0.05, 0.1) is 57.9 Å². The Kier molecular flexibility index (Phi) is 7.49. The summed E-state index contributed by atoms with van der Waals surface area (Å²) in [5, 5.41) is 33.6. The maximum absolute atomic E-state index is 10.5. The standard InChI is InChI=1S/C45H31N5/c1-3-8-40-29(2)38-25-30(26-46)13-23-43(38)50(40)44-24-20-34(27-47)39(28-48)45(44)33-16-14-31(15-17-33)32-18-21-35(22-19-32)49-41-11-6-4-9-36(41)37-10-5-7-12-42(37)49/h3-25,34,39H,1-2H3/b8-3-. The first kappa shape index (κ1) is 30.5. The predicted octanol–water partition coefficient (Wildman–Crippen LogP) is 10.8. The fourth-order valence-corrected chi connectivity index (χ4v) is 7.52. The van der Waals surface area contributed by atoms with Crippen molar-refractivity contribution in [3.8, 4) is 35.0 Å². The molecule has 2 atom stereocenters. The molecule has 1 aliphatic carbocycles. The third kappa shape index (κ3) is 4.75. The number of hydrogen-bond acceptors (Lipinski definition) is 3. The summed E-state index contributed by atoms with van der Waals surface area (Å²) < 4.78 is 4.47. The molecule has 236 valence electrons.